The Bertz CT molecular complexity index is 77.6. The molecule has 0 bridgehead atoms. The van der Waals surface area contributed by atoms with Gasteiger partial charge in [0.2, 0.25) is 0 Å². The molecule has 0 saturated carbocycles. The molecule has 0 aromatic rings. The maximum Gasteiger partial charge on any atom is 0.0887 e. The number of allylic oxidation sites excluding steroid dienone is 1. The van der Waals surface area contributed by atoms with Crippen LogP contribution in [-0.4, -0.2) is 5.88 Å². The average Bonchev–Trinajstić information content (AvgIpc) is 1.86. The summed E-state index contributed by atoms with van der Waals surface area (Å²) in [5, 5.41) is 3.97. The van der Waals surface area contributed by atoms with E-state index < -0.39 is 0 Å². The van der Waals surface area contributed by atoms with E-state index in [1.54, 1.807) is 11.8 Å². The van der Waals surface area contributed by atoms with Gasteiger partial charge in [-0.05, 0) is 6.92 Å². The zero-order valence-electron chi connectivity index (χ0n) is 3.64. The lowest BCUT2D eigenvalue weighted by Crippen LogP contribution is -1.82. The van der Waals surface area contributed by atoms with Gasteiger partial charge in [-0.2, -0.15) is 0 Å². The number of nitrogens with zero attached hydrogens (tertiary/aromatic N) is 1. The zero-order valence-corrected chi connectivity index (χ0v) is 4.46. The van der Waals surface area contributed by atoms with Gasteiger partial charge in [-0.1, -0.05) is 0 Å². The lowest BCUT2D eigenvalue weighted by molar-refractivity contribution is 1.06. The summed E-state index contributed by atoms with van der Waals surface area (Å²) in [6.07, 6.45) is 1.91. The summed E-state index contributed by atoms with van der Waals surface area (Å²) in [5.74, 6) is 0.936. The van der Waals surface area contributed by atoms with E-state index in [2.05, 4.69) is 12.2 Å². The molecule has 0 N–H and O–H groups in total. The van der Waals surface area contributed by atoms with Crippen LogP contribution in [0.5, 0.6) is 0 Å². The fourth-order valence-electron chi connectivity index (χ4n) is 0.342. The van der Waals surface area contributed by atoms with Gasteiger partial charge in [-0.3, -0.25) is 5.32 Å². The second-order valence-electron chi connectivity index (χ2n) is 1.20. The fraction of sp³-hybridized carbons (Fsp3) is 0.500. The van der Waals surface area contributed by atoms with Gasteiger partial charge in [-0.25, -0.2) is 0 Å². The van der Waals surface area contributed by atoms with Crippen LogP contribution in [0.15, 0.2) is 11.1 Å². The van der Waals surface area contributed by atoms with Crippen molar-refractivity contribution in [2.45, 2.75) is 6.92 Å². The van der Waals surface area contributed by atoms with E-state index >= 15 is 0 Å². The van der Waals surface area contributed by atoms with Crippen LogP contribution in [0.3, 0.4) is 0 Å². The highest BCUT2D eigenvalue weighted by atomic mass is 32.2. The smallest absolute Gasteiger partial charge is 0.0887 e. The zero-order chi connectivity index (χ0) is 4.41. The Balaban J connectivity index is 2.45. The second-order valence-corrected chi connectivity index (χ2v) is 2.39. The molecule has 0 aromatic heterocycles. The van der Waals surface area contributed by atoms with Gasteiger partial charge in [0.15, 0.2) is 0 Å². The topological polar surface area (TPSA) is 14.1 Å². The standard InChI is InChI=1S/C4H6NS/c1-4-2-5-3-6-4/h2H,3H2,1H3. The third-order valence-electron chi connectivity index (χ3n) is 0.640. The molecule has 1 rings (SSSR count). The van der Waals surface area contributed by atoms with Gasteiger partial charge in [0.25, 0.3) is 0 Å². The molecular formula is C4H6NS. The van der Waals surface area contributed by atoms with Crippen molar-refractivity contribution in [3.05, 3.63) is 11.1 Å². The predicted octanol–water partition coefficient (Wildman–Crippen LogP) is 1.16. The Morgan fingerprint density at radius 2 is 2.83 bits per heavy atom. The summed E-state index contributed by atoms with van der Waals surface area (Å²) >= 11 is 1.79. The Labute approximate surface area is 41.8 Å². The van der Waals surface area contributed by atoms with E-state index in [0.717, 1.165) is 5.88 Å². The van der Waals surface area contributed by atoms with Crippen LogP contribution in [0.2, 0.25) is 0 Å². The molecule has 1 aliphatic heterocycles. The Kier molecular flexibility index (Phi) is 1.05. The molecule has 0 aliphatic carbocycles. The molecule has 1 nitrogen and oxygen atoms in total. The highest BCUT2D eigenvalue weighted by Crippen LogP contribution is 2.17. The van der Waals surface area contributed by atoms with Crippen LogP contribution in [0.4, 0.5) is 0 Å². The minimum Gasteiger partial charge on any atom is -0.281 e. The fourth-order valence-corrected chi connectivity index (χ4v) is 0.844. The first-order valence-corrected chi connectivity index (χ1v) is 2.84. The van der Waals surface area contributed by atoms with E-state index in [-0.39, 0.29) is 0 Å². The van der Waals surface area contributed by atoms with Crippen molar-refractivity contribution >= 4 is 11.8 Å². The van der Waals surface area contributed by atoms with Crippen LogP contribution in [0.1, 0.15) is 6.92 Å². The molecule has 0 amide bonds. The SMILES string of the molecule is CC1=C[N]CS1. The minimum absolute atomic E-state index is 0.936. The molecule has 1 heterocycles. The molecule has 0 atom stereocenters. The first-order chi connectivity index (χ1) is 2.89. The van der Waals surface area contributed by atoms with Crippen molar-refractivity contribution in [2.24, 2.45) is 0 Å². The van der Waals surface area contributed by atoms with Crippen LogP contribution in [0, 0.1) is 0 Å². The van der Waals surface area contributed by atoms with E-state index in [1.807, 2.05) is 6.20 Å². The van der Waals surface area contributed by atoms with Gasteiger partial charge >= 0.3 is 0 Å². The molecule has 0 unspecified atom stereocenters. The molecule has 1 aliphatic rings. The van der Waals surface area contributed by atoms with Crippen molar-refractivity contribution in [2.75, 3.05) is 5.88 Å². The number of rotatable bonds is 0. The summed E-state index contributed by atoms with van der Waals surface area (Å²) < 4.78 is 0. The Hall–Kier alpha value is -0.110. The van der Waals surface area contributed by atoms with Crippen LogP contribution < -0.4 is 5.32 Å². The Morgan fingerprint density at radius 3 is 3.00 bits per heavy atom. The van der Waals surface area contributed by atoms with Crippen LogP contribution in [0.25, 0.3) is 0 Å². The number of hydrogen-bond acceptors (Lipinski definition) is 1. The van der Waals surface area contributed by atoms with Crippen molar-refractivity contribution in [1.29, 1.82) is 0 Å². The highest BCUT2D eigenvalue weighted by Gasteiger charge is 1.95. The third kappa shape index (κ3) is 0.684. The minimum atomic E-state index is 0.936. The first-order valence-electron chi connectivity index (χ1n) is 1.86. The lowest BCUT2D eigenvalue weighted by Gasteiger charge is -1.77. The molecule has 2 heteroatoms. The van der Waals surface area contributed by atoms with Gasteiger partial charge < -0.3 is 0 Å². The van der Waals surface area contributed by atoms with Crippen LogP contribution >= 0.6 is 11.8 Å². The summed E-state index contributed by atoms with van der Waals surface area (Å²) in [5.41, 5.74) is 0. The number of thioether (sulfide) groups is 1. The maximum atomic E-state index is 3.97. The van der Waals surface area contributed by atoms with Gasteiger partial charge in [-0.15, -0.1) is 11.8 Å². The maximum absolute atomic E-state index is 3.97. The second kappa shape index (κ2) is 1.56. The largest absolute Gasteiger partial charge is 0.281 e. The molecule has 1 radical (unpaired) electrons. The van der Waals surface area contributed by atoms with Crippen molar-refractivity contribution in [3.63, 3.8) is 0 Å². The summed E-state index contributed by atoms with van der Waals surface area (Å²) in [6.45, 7) is 2.07. The van der Waals surface area contributed by atoms with Gasteiger partial charge in [0.1, 0.15) is 0 Å². The predicted molar refractivity (Wildman–Crippen MR) is 28.3 cm³/mol. The highest BCUT2D eigenvalue weighted by molar-refractivity contribution is 8.03. The van der Waals surface area contributed by atoms with Crippen LogP contribution in [-0.2, 0) is 0 Å². The van der Waals surface area contributed by atoms with E-state index in [0.29, 0.717) is 0 Å². The normalized spacial score (nSPS) is 19.8. The molecule has 6 heavy (non-hydrogen) atoms. The molecule has 0 spiro atoms. The van der Waals surface area contributed by atoms with E-state index in [9.17, 15) is 0 Å². The summed E-state index contributed by atoms with van der Waals surface area (Å²) in [4.78, 5) is 1.33. The molecular weight excluding hydrogens is 94.1 g/mol. The average molecular weight is 100 g/mol. The van der Waals surface area contributed by atoms with Gasteiger partial charge in [0, 0.05) is 11.1 Å². The van der Waals surface area contributed by atoms with Crippen molar-refractivity contribution in [3.8, 4) is 0 Å². The van der Waals surface area contributed by atoms with Crippen molar-refractivity contribution in [1.82, 2.24) is 5.32 Å². The summed E-state index contributed by atoms with van der Waals surface area (Å²) in [6, 6.07) is 0. The van der Waals surface area contributed by atoms with Gasteiger partial charge in [0.05, 0.1) is 5.88 Å². The van der Waals surface area contributed by atoms with E-state index in [4.69, 9.17) is 0 Å². The molecule has 0 aromatic carbocycles. The summed E-state index contributed by atoms with van der Waals surface area (Å²) in [7, 11) is 0. The monoisotopic (exact) mass is 100 g/mol. The lowest BCUT2D eigenvalue weighted by atomic mass is 10.7. The molecule has 0 saturated heterocycles. The quantitative estimate of drug-likeness (QED) is 0.445. The van der Waals surface area contributed by atoms with E-state index in [1.165, 1.54) is 4.91 Å². The number of hydrogen-bond donors (Lipinski definition) is 0. The third-order valence-corrected chi connectivity index (χ3v) is 1.48. The first kappa shape index (κ1) is 4.06. The Morgan fingerprint density at radius 1 is 2.00 bits per heavy atom. The molecule has 33 valence electrons. The molecule has 0 fully saturated rings. The van der Waals surface area contributed by atoms with Crippen molar-refractivity contribution < 1.29 is 0 Å².